The Labute approximate surface area is 185 Å². The van der Waals surface area contributed by atoms with E-state index < -0.39 is 17.6 Å². The van der Waals surface area contributed by atoms with Crippen molar-refractivity contribution >= 4 is 10.8 Å². The molecule has 3 aromatic carbocycles. The second kappa shape index (κ2) is 9.21. The Hall–Kier alpha value is -2.43. The lowest BCUT2D eigenvalue weighted by molar-refractivity contribution is -0.140. The van der Waals surface area contributed by atoms with Gasteiger partial charge in [0.1, 0.15) is 11.6 Å². The van der Waals surface area contributed by atoms with Crippen molar-refractivity contribution in [1.29, 1.82) is 0 Å². The lowest BCUT2D eigenvalue weighted by atomic mass is 9.69. The van der Waals surface area contributed by atoms with E-state index in [1.165, 1.54) is 12.1 Å². The maximum atomic E-state index is 14.5. The minimum absolute atomic E-state index is 0.204. The largest absolute Gasteiger partial charge is 0.419 e. The number of unbranched alkanes of at least 4 members (excludes halogenated alkanes) is 3. The Morgan fingerprint density at radius 3 is 2.41 bits per heavy atom. The van der Waals surface area contributed by atoms with E-state index in [9.17, 15) is 22.0 Å². The van der Waals surface area contributed by atoms with Crippen LogP contribution in [0.2, 0.25) is 0 Å². The highest BCUT2D eigenvalue weighted by Crippen LogP contribution is 2.46. The lowest BCUT2D eigenvalue weighted by Gasteiger charge is -2.35. The zero-order valence-corrected chi connectivity index (χ0v) is 18.1. The van der Waals surface area contributed by atoms with Crippen molar-refractivity contribution < 1.29 is 22.0 Å². The molecule has 1 aliphatic carbocycles. The molecule has 0 radical (unpaired) electrons. The fraction of sp³-hybridized carbons (Fsp3) is 0.407. The molecule has 4 rings (SSSR count). The maximum Gasteiger partial charge on any atom is 0.419 e. The second-order valence-corrected chi connectivity index (χ2v) is 8.83. The first-order chi connectivity index (χ1) is 15.3. The Kier molecular flexibility index (Phi) is 6.55. The molecule has 1 aliphatic rings. The van der Waals surface area contributed by atoms with Crippen LogP contribution in [-0.4, -0.2) is 0 Å². The molecule has 0 unspecified atom stereocenters. The summed E-state index contributed by atoms with van der Waals surface area (Å²) < 4.78 is 68.2. The number of alkyl halides is 3. The Bertz CT molecular complexity index is 1100. The summed E-state index contributed by atoms with van der Waals surface area (Å²) in [6, 6.07) is 12.0. The Balaban J connectivity index is 1.79. The van der Waals surface area contributed by atoms with Crippen LogP contribution in [-0.2, 0) is 12.6 Å². The van der Waals surface area contributed by atoms with Gasteiger partial charge in [-0.25, -0.2) is 8.78 Å². The molecule has 32 heavy (non-hydrogen) atoms. The summed E-state index contributed by atoms with van der Waals surface area (Å²) >= 11 is 0. The highest BCUT2D eigenvalue weighted by molar-refractivity contribution is 5.88. The van der Waals surface area contributed by atoms with Crippen molar-refractivity contribution in [1.82, 2.24) is 0 Å². The summed E-state index contributed by atoms with van der Waals surface area (Å²) in [5, 5.41) is 1.38. The van der Waals surface area contributed by atoms with Crippen molar-refractivity contribution in [3.05, 3.63) is 82.4 Å². The highest BCUT2D eigenvalue weighted by atomic mass is 19.4. The summed E-state index contributed by atoms with van der Waals surface area (Å²) in [5.74, 6) is -1.52. The van der Waals surface area contributed by atoms with E-state index in [1.54, 1.807) is 12.1 Å². The molecule has 0 saturated heterocycles. The molecule has 0 fully saturated rings. The van der Waals surface area contributed by atoms with Gasteiger partial charge in [-0.1, -0.05) is 62.9 Å². The minimum atomic E-state index is -4.72. The predicted molar refractivity (Wildman–Crippen MR) is 118 cm³/mol. The first-order valence-corrected chi connectivity index (χ1v) is 11.4. The first kappa shape index (κ1) is 22.8. The molecule has 0 bridgehead atoms. The number of halogens is 5. The lowest BCUT2D eigenvalue weighted by Crippen LogP contribution is -2.23. The van der Waals surface area contributed by atoms with Crippen LogP contribution in [0.1, 0.15) is 73.6 Å². The zero-order chi connectivity index (χ0) is 22.9. The third kappa shape index (κ3) is 4.39. The van der Waals surface area contributed by atoms with Gasteiger partial charge in [0.05, 0.1) is 5.56 Å². The summed E-state index contributed by atoms with van der Waals surface area (Å²) in [4.78, 5) is 0. The smallest absolute Gasteiger partial charge is 0.206 e. The van der Waals surface area contributed by atoms with Gasteiger partial charge in [0.2, 0.25) is 0 Å². The van der Waals surface area contributed by atoms with Crippen molar-refractivity contribution in [2.45, 2.75) is 64.0 Å². The molecule has 5 heteroatoms. The van der Waals surface area contributed by atoms with Gasteiger partial charge in [0.15, 0.2) is 0 Å². The van der Waals surface area contributed by atoms with Gasteiger partial charge in [0, 0.05) is 11.3 Å². The monoisotopic (exact) mass is 446 g/mol. The SMILES string of the molecule is CCCCCC[C@@H]1CCc2c(ccc3c(F)cccc23)[C@H]1c1ccc(C(F)(F)F)c(F)c1. The molecule has 0 saturated carbocycles. The number of hydrogen-bond donors (Lipinski definition) is 0. The molecule has 2 atom stereocenters. The molecule has 0 aliphatic heterocycles. The van der Waals surface area contributed by atoms with Crippen molar-refractivity contribution in [3.8, 4) is 0 Å². The van der Waals surface area contributed by atoms with Crippen molar-refractivity contribution in [3.63, 3.8) is 0 Å². The third-order valence-electron chi connectivity index (χ3n) is 6.81. The summed E-state index contributed by atoms with van der Waals surface area (Å²) in [5.41, 5.74) is 1.33. The van der Waals surface area contributed by atoms with Crippen LogP contribution >= 0.6 is 0 Å². The number of benzene rings is 3. The number of aryl methyl sites for hydroxylation is 1. The average Bonchev–Trinajstić information content (AvgIpc) is 2.75. The number of fused-ring (bicyclic) bond motifs is 3. The van der Waals surface area contributed by atoms with Crippen molar-refractivity contribution in [2.24, 2.45) is 5.92 Å². The van der Waals surface area contributed by atoms with Crippen LogP contribution in [0.15, 0.2) is 48.5 Å². The fourth-order valence-corrected chi connectivity index (χ4v) is 5.27. The third-order valence-corrected chi connectivity index (χ3v) is 6.81. The maximum absolute atomic E-state index is 14.5. The van der Waals surface area contributed by atoms with E-state index >= 15 is 0 Å². The van der Waals surface area contributed by atoms with Gasteiger partial charge in [-0.05, 0) is 65.5 Å². The van der Waals surface area contributed by atoms with E-state index in [2.05, 4.69) is 6.92 Å². The molecular weight excluding hydrogens is 419 g/mol. The van der Waals surface area contributed by atoms with Gasteiger partial charge in [-0.15, -0.1) is 0 Å². The summed E-state index contributed by atoms with van der Waals surface area (Å²) in [6.45, 7) is 2.15. The molecule has 0 heterocycles. The summed E-state index contributed by atoms with van der Waals surface area (Å²) in [7, 11) is 0. The van der Waals surface area contributed by atoms with Crippen LogP contribution in [0.5, 0.6) is 0 Å². The predicted octanol–water partition coefficient (Wildman–Crippen LogP) is 8.80. The Morgan fingerprint density at radius 1 is 0.875 bits per heavy atom. The first-order valence-electron chi connectivity index (χ1n) is 11.4. The van der Waals surface area contributed by atoms with E-state index in [-0.39, 0.29) is 17.7 Å². The molecule has 0 spiro atoms. The molecular formula is C27H27F5. The molecule has 3 aromatic rings. The normalized spacial score (nSPS) is 18.7. The van der Waals surface area contributed by atoms with Gasteiger partial charge >= 0.3 is 6.18 Å². The minimum Gasteiger partial charge on any atom is -0.206 e. The van der Waals surface area contributed by atoms with Crippen LogP contribution < -0.4 is 0 Å². The number of hydrogen-bond acceptors (Lipinski definition) is 0. The van der Waals surface area contributed by atoms with Gasteiger partial charge in [0.25, 0.3) is 0 Å². The molecule has 0 N–H and O–H groups in total. The van der Waals surface area contributed by atoms with Crippen molar-refractivity contribution in [2.75, 3.05) is 0 Å². The topological polar surface area (TPSA) is 0 Å². The number of rotatable bonds is 6. The van der Waals surface area contributed by atoms with E-state index in [0.717, 1.165) is 73.6 Å². The average molecular weight is 447 g/mol. The van der Waals surface area contributed by atoms with Crippen LogP contribution in [0.4, 0.5) is 22.0 Å². The van der Waals surface area contributed by atoms with E-state index in [1.807, 2.05) is 12.1 Å². The van der Waals surface area contributed by atoms with Crippen LogP contribution in [0.3, 0.4) is 0 Å². The quantitative estimate of drug-likeness (QED) is 0.262. The van der Waals surface area contributed by atoms with Crippen LogP contribution in [0.25, 0.3) is 10.8 Å². The molecule has 170 valence electrons. The van der Waals surface area contributed by atoms with E-state index in [0.29, 0.717) is 10.9 Å². The summed E-state index contributed by atoms with van der Waals surface area (Å²) in [6.07, 6.45) is 2.27. The Morgan fingerprint density at radius 2 is 1.69 bits per heavy atom. The highest BCUT2D eigenvalue weighted by Gasteiger charge is 2.36. The molecule has 0 nitrogen and oxygen atoms in total. The zero-order valence-electron chi connectivity index (χ0n) is 18.1. The second-order valence-electron chi connectivity index (χ2n) is 8.83. The molecule has 0 aromatic heterocycles. The fourth-order valence-electron chi connectivity index (χ4n) is 5.27. The van der Waals surface area contributed by atoms with Gasteiger partial charge in [-0.3, -0.25) is 0 Å². The van der Waals surface area contributed by atoms with Gasteiger partial charge in [-0.2, -0.15) is 13.2 Å². The standard InChI is InChI=1S/C27H27F5/c1-2-3-4-5-7-17-10-12-20-19-8-6-9-24(28)21(19)13-14-22(20)26(17)18-11-15-23(25(29)16-18)27(30,31)32/h6,8-9,11,13-17,26H,2-5,7,10,12H2,1H3/t17-,26-/m1/s1. The van der Waals surface area contributed by atoms with Crippen LogP contribution in [0, 0.1) is 17.6 Å². The van der Waals surface area contributed by atoms with Gasteiger partial charge < -0.3 is 0 Å². The molecule has 0 amide bonds. The van der Waals surface area contributed by atoms with E-state index in [4.69, 9.17) is 0 Å².